The fourth-order valence-corrected chi connectivity index (χ4v) is 3.61. The molecule has 1 saturated carbocycles. The fourth-order valence-electron chi connectivity index (χ4n) is 2.67. The van der Waals surface area contributed by atoms with Gasteiger partial charge < -0.3 is 10.1 Å². The number of urea groups is 1. The van der Waals surface area contributed by atoms with Crippen molar-refractivity contribution in [3.63, 3.8) is 0 Å². The number of carbonyl (C=O) groups excluding carboxylic acids is 3. The molecular formula is C15H21N3O4S. The molecule has 1 aliphatic carbocycles. The van der Waals surface area contributed by atoms with Gasteiger partial charge in [-0.05, 0) is 26.7 Å². The van der Waals surface area contributed by atoms with Gasteiger partial charge in [-0.2, -0.15) is 9.98 Å². The van der Waals surface area contributed by atoms with Gasteiger partial charge in [0, 0.05) is 11.8 Å². The first kappa shape index (κ1) is 17.7. The summed E-state index contributed by atoms with van der Waals surface area (Å²) in [6.07, 6.45) is 4.29. The van der Waals surface area contributed by atoms with E-state index >= 15 is 0 Å². The van der Waals surface area contributed by atoms with Gasteiger partial charge in [0.05, 0.1) is 17.4 Å². The van der Waals surface area contributed by atoms with Crippen molar-refractivity contribution in [3.05, 3.63) is 0 Å². The third kappa shape index (κ3) is 4.89. The lowest BCUT2D eigenvalue weighted by atomic mass is 10.1. The van der Waals surface area contributed by atoms with Crippen LogP contribution in [0, 0.1) is 5.92 Å². The molecule has 126 valence electrons. The molecule has 1 aliphatic heterocycles. The highest BCUT2D eigenvalue weighted by molar-refractivity contribution is 8.14. The van der Waals surface area contributed by atoms with Crippen LogP contribution in [-0.4, -0.2) is 47.1 Å². The molecular weight excluding hydrogens is 318 g/mol. The van der Waals surface area contributed by atoms with Crippen LogP contribution in [0.2, 0.25) is 0 Å². The minimum Gasteiger partial charge on any atom is -0.465 e. The van der Waals surface area contributed by atoms with Gasteiger partial charge in [-0.1, -0.05) is 24.6 Å². The van der Waals surface area contributed by atoms with Crippen molar-refractivity contribution in [2.45, 2.75) is 45.6 Å². The maximum Gasteiger partial charge on any atom is 0.367 e. The van der Waals surface area contributed by atoms with Crippen molar-refractivity contribution in [1.29, 1.82) is 0 Å². The van der Waals surface area contributed by atoms with Gasteiger partial charge >= 0.3 is 12.0 Å². The van der Waals surface area contributed by atoms with Gasteiger partial charge in [-0.3, -0.25) is 9.59 Å². The third-order valence-electron chi connectivity index (χ3n) is 3.74. The summed E-state index contributed by atoms with van der Waals surface area (Å²) in [6.45, 7) is 3.53. The number of esters is 1. The topological polar surface area (TPSA) is 97.2 Å². The van der Waals surface area contributed by atoms with Gasteiger partial charge in [0.2, 0.25) is 5.91 Å². The molecule has 0 spiro atoms. The largest absolute Gasteiger partial charge is 0.465 e. The zero-order valence-corrected chi connectivity index (χ0v) is 14.1. The third-order valence-corrected chi connectivity index (χ3v) is 4.77. The molecule has 0 aromatic rings. The lowest BCUT2D eigenvalue weighted by molar-refractivity contribution is -0.143. The Hall–Kier alpha value is -1.70. The number of hydrogen-bond acceptors (Lipinski definition) is 5. The van der Waals surface area contributed by atoms with Crippen molar-refractivity contribution >= 4 is 40.4 Å². The summed E-state index contributed by atoms with van der Waals surface area (Å²) >= 11 is 1.09. The van der Waals surface area contributed by atoms with Crippen molar-refractivity contribution < 1.29 is 19.1 Å². The average molecular weight is 339 g/mol. The molecule has 0 aromatic carbocycles. The maximum atomic E-state index is 12.0. The highest BCUT2D eigenvalue weighted by Gasteiger charge is 2.33. The molecule has 0 bridgehead atoms. The minimum absolute atomic E-state index is 0.111. The van der Waals surface area contributed by atoms with E-state index < -0.39 is 17.9 Å². The first-order valence-corrected chi connectivity index (χ1v) is 8.76. The lowest BCUT2D eigenvalue weighted by Crippen LogP contribution is -2.37. The summed E-state index contributed by atoms with van der Waals surface area (Å²) in [5.41, 5.74) is 0.349. The summed E-state index contributed by atoms with van der Waals surface area (Å²) in [6, 6.07) is -0.413. The molecule has 8 heteroatoms. The number of nitrogens with one attached hydrogen (secondary N) is 1. The Labute approximate surface area is 139 Å². The number of thioether (sulfide) groups is 1. The lowest BCUT2D eigenvalue weighted by Gasteiger charge is -2.19. The summed E-state index contributed by atoms with van der Waals surface area (Å²) in [5.74, 6) is -1.29. The monoisotopic (exact) mass is 339 g/mol. The number of rotatable bonds is 5. The standard InChI is InChI=1S/C15H21N3O4S/c1-3-22-14(20)12-9(2)16-15(21)18-13(12)23-8-11(19)17-10-6-4-5-7-10/h10,12H,3-8H2,1-2H3,(H,17,19). The van der Waals surface area contributed by atoms with Crippen LogP contribution in [-0.2, 0) is 14.3 Å². The zero-order valence-electron chi connectivity index (χ0n) is 13.3. The van der Waals surface area contributed by atoms with Crippen LogP contribution in [0.1, 0.15) is 39.5 Å². The summed E-state index contributed by atoms with van der Waals surface area (Å²) in [5, 5.41) is 3.24. The first-order chi connectivity index (χ1) is 11.0. The summed E-state index contributed by atoms with van der Waals surface area (Å²) in [7, 11) is 0. The molecule has 1 unspecified atom stereocenters. The second-order valence-electron chi connectivity index (χ2n) is 5.51. The molecule has 3 amide bonds. The molecule has 23 heavy (non-hydrogen) atoms. The van der Waals surface area contributed by atoms with Crippen molar-refractivity contribution in [2.75, 3.05) is 12.4 Å². The van der Waals surface area contributed by atoms with E-state index in [-0.39, 0.29) is 29.4 Å². The predicted octanol–water partition coefficient (Wildman–Crippen LogP) is 1.95. The number of amides is 3. The van der Waals surface area contributed by atoms with E-state index in [0.29, 0.717) is 5.71 Å². The predicted molar refractivity (Wildman–Crippen MR) is 88.9 cm³/mol. The van der Waals surface area contributed by atoms with Gasteiger partial charge in [0.25, 0.3) is 0 Å². The normalized spacial score (nSPS) is 21.7. The Bertz CT molecular complexity index is 553. The van der Waals surface area contributed by atoms with Crippen LogP contribution >= 0.6 is 11.8 Å². The quantitative estimate of drug-likeness (QED) is 0.772. The molecule has 0 radical (unpaired) electrons. The SMILES string of the molecule is CCOC(=O)C1C(C)=NC(=O)N=C1SCC(=O)NC1CCCC1. The molecule has 1 fully saturated rings. The number of hydrogen-bond donors (Lipinski definition) is 1. The van der Waals surface area contributed by atoms with Gasteiger partial charge in [0.15, 0.2) is 0 Å². The molecule has 1 atom stereocenters. The fraction of sp³-hybridized carbons (Fsp3) is 0.667. The van der Waals surface area contributed by atoms with Crippen molar-refractivity contribution in [1.82, 2.24) is 5.32 Å². The second kappa shape index (κ2) is 8.24. The van der Waals surface area contributed by atoms with Gasteiger partial charge in [-0.15, -0.1) is 0 Å². The molecule has 1 N–H and O–H groups in total. The molecule has 2 rings (SSSR count). The molecule has 0 aromatic heterocycles. The molecule has 1 heterocycles. The van der Waals surface area contributed by atoms with E-state index in [1.54, 1.807) is 13.8 Å². The van der Waals surface area contributed by atoms with E-state index in [1.807, 2.05) is 0 Å². The summed E-state index contributed by atoms with van der Waals surface area (Å²) < 4.78 is 5.01. The van der Waals surface area contributed by atoms with Crippen LogP contribution in [0.3, 0.4) is 0 Å². The molecule has 7 nitrogen and oxygen atoms in total. The van der Waals surface area contributed by atoms with E-state index in [9.17, 15) is 14.4 Å². The van der Waals surface area contributed by atoms with Gasteiger partial charge in [-0.25, -0.2) is 4.79 Å². The van der Waals surface area contributed by atoms with E-state index in [4.69, 9.17) is 4.74 Å². The first-order valence-electron chi connectivity index (χ1n) is 7.77. The van der Waals surface area contributed by atoms with Crippen LogP contribution in [0.4, 0.5) is 4.79 Å². The van der Waals surface area contributed by atoms with Crippen molar-refractivity contribution in [3.8, 4) is 0 Å². The average Bonchev–Trinajstić information content (AvgIpc) is 2.97. The van der Waals surface area contributed by atoms with E-state index in [0.717, 1.165) is 37.4 Å². The smallest absolute Gasteiger partial charge is 0.367 e. The zero-order chi connectivity index (χ0) is 16.8. The van der Waals surface area contributed by atoms with Gasteiger partial charge in [0.1, 0.15) is 5.92 Å². The van der Waals surface area contributed by atoms with E-state index in [1.165, 1.54) is 0 Å². The highest BCUT2D eigenvalue weighted by Crippen LogP contribution is 2.22. The van der Waals surface area contributed by atoms with Crippen LogP contribution in [0.25, 0.3) is 0 Å². The Morgan fingerprint density at radius 3 is 2.65 bits per heavy atom. The summed E-state index contributed by atoms with van der Waals surface area (Å²) in [4.78, 5) is 43.0. The number of aliphatic imine (C=N–C) groups is 2. The Kier molecular flexibility index (Phi) is 6.32. The van der Waals surface area contributed by atoms with Crippen LogP contribution < -0.4 is 5.32 Å². The molecule has 2 aliphatic rings. The molecule has 0 saturated heterocycles. The van der Waals surface area contributed by atoms with Crippen molar-refractivity contribution in [2.24, 2.45) is 15.9 Å². The van der Waals surface area contributed by atoms with Crippen LogP contribution in [0.15, 0.2) is 9.98 Å². The van der Waals surface area contributed by atoms with Crippen LogP contribution in [0.5, 0.6) is 0 Å². The Balaban J connectivity index is 1.95. The highest BCUT2D eigenvalue weighted by atomic mass is 32.2. The number of nitrogens with zero attached hydrogens (tertiary/aromatic N) is 2. The van der Waals surface area contributed by atoms with E-state index in [2.05, 4.69) is 15.3 Å². The Morgan fingerprint density at radius 1 is 1.30 bits per heavy atom. The second-order valence-corrected chi connectivity index (χ2v) is 6.50. The maximum absolute atomic E-state index is 12.0. The minimum atomic E-state index is -0.795. The number of ether oxygens (including phenoxy) is 1. The number of carbonyl (C=O) groups is 3. The Morgan fingerprint density at radius 2 is 2.00 bits per heavy atom.